The maximum Gasteiger partial charge on any atom is 0.242 e. The van der Waals surface area contributed by atoms with Crippen LogP contribution < -0.4 is 5.32 Å². The van der Waals surface area contributed by atoms with E-state index in [2.05, 4.69) is 10.3 Å². The molecule has 1 aliphatic heterocycles. The summed E-state index contributed by atoms with van der Waals surface area (Å²) >= 11 is 0. The number of ether oxygens (including phenoxy) is 1. The molecule has 0 spiro atoms. The zero-order chi connectivity index (χ0) is 19.6. The number of amides is 1. The summed E-state index contributed by atoms with van der Waals surface area (Å²) in [5.74, 6) is -0.368. The van der Waals surface area contributed by atoms with Crippen LogP contribution in [0.2, 0.25) is 0 Å². The van der Waals surface area contributed by atoms with E-state index in [4.69, 9.17) is 4.74 Å². The molecule has 3 rings (SSSR count). The zero-order valence-corrected chi connectivity index (χ0v) is 16.6. The van der Waals surface area contributed by atoms with Gasteiger partial charge in [-0.3, -0.25) is 4.79 Å². The Morgan fingerprint density at radius 2 is 1.96 bits per heavy atom. The first kappa shape index (κ1) is 19.8. The maximum absolute atomic E-state index is 12.5. The molecular formula is C18H26N4O4S. The van der Waals surface area contributed by atoms with Gasteiger partial charge in [-0.05, 0) is 32.9 Å². The number of carbonyl (C=O) groups is 1. The first-order valence-corrected chi connectivity index (χ1v) is 10.7. The van der Waals surface area contributed by atoms with Gasteiger partial charge in [-0.2, -0.15) is 4.31 Å². The summed E-state index contributed by atoms with van der Waals surface area (Å²) in [6, 6.07) is 7.08. The summed E-state index contributed by atoms with van der Waals surface area (Å²) < 4.78 is 33.9. The molecule has 8 nitrogen and oxygen atoms in total. The van der Waals surface area contributed by atoms with Crippen LogP contribution in [0.5, 0.6) is 0 Å². The van der Waals surface area contributed by atoms with E-state index in [0.29, 0.717) is 13.1 Å². The Balaban J connectivity index is 1.57. The van der Waals surface area contributed by atoms with Crippen LogP contribution in [0.25, 0.3) is 11.0 Å². The van der Waals surface area contributed by atoms with Crippen LogP contribution in [-0.4, -0.2) is 65.8 Å². The number of imidazole rings is 1. The molecule has 1 fully saturated rings. The fraction of sp³-hybridized carbons (Fsp3) is 0.556. The van der Waals surface area contributed by atoms with Crippen molar-refractivity contribution in [3.8, 4) is 0 Å². The quantitative estimate of drug-likeness (QED) is 0.793. The van der Waals surface area contributed by atoms with Crippen LogP contribution in [0.3, 0.4) is 0 Å². The highest BCUT2D eigenvalue weighted by Gasteiger charge is 2.30. The Hall–Kier alpha value is -1.97. The fourth-order valence-electron chi connectivity index (χ4n) is 3.35. The van der Waals surface area contributed by atoms with Gasteiger partial charge >= 0.3 is 0 Å². The van der Waals surface area contributed by atoms with E-state index in [1.165, 1.54) is 4.31 Å². The first-order chi connectivity index (χ1) is 12.8. The van der Waals surface area contributed by atoms with Crippen molar-refractivity contribution in [3.63, 3.8) is 0 Å². The van der Waals surface area contributed by atoms with E-state index in [1.54, 1.807) is 17.8 Å². The lowest BCUT2D eigenvalue weighted by molar-refractivity contribution is -0.123. The topological polar surface area (TPSA) is 93.5 Å². The van der Waals surface area contributed by atoms with E-state index in [-0.39, 0.29) is 30.4 Å². The summed E-state index contributed by atoms with van der Waals surface area (Å²) in [4.78, 5) is 16.7. The molecular weight excluding hydrogens is 368 g/mol. The molecule has 0 radical (unpaired) electrons. The predicted octanol–water partition coefficient (Wildman–Crippen LogP) is 1.15. The van der Waals surface area contributed by atoms with Crippen LogP contribution in [0, 0.1) is 0 Å². The van der Waals surface area contributed by atoms with E-state index in [0.717, 1.165) is 11.0 Å². The number of rotatable bonds is 6. The second kappa shape index (κ2) is 7.95. The number of carbonyl (C=O) groups excluding carboxylic acids is 1. The Labute approximate surface area is 159 Å². The Bertz CT molecular complexity index is 901. The lowest BCUT2D eigenvalue weighted by Gasteiger charge is -2.34. The lowest BCUT2D eigenvalue weighted by atomic mass is 10.2. The minimum absolute atomic E-state index is 0.0677. The number of aromatic nitrogens is 2. The molecule has 2 aromatic rings. The maximum atomic E-state index is 12.5. The van der Waals surface area contributed by atoms with Gasteiger partial charge in [0.1, 0.15) is 6.04 Å². The molecule has 1 aromatic carbocycles. The third-order valence-corrected chi connectivity index (χ3v) is 6.52. The highest BCUT2D eigenvalue weighted by Crippen LogP contribution is 2.17. The first-order valence-electron chi connectivity index (χ1n) is 9.10. The smallest absolute Gasteiger partial charge is 0.242 e. The van der Waals surface area contributed by atoms with Crippen molar-refractivity contribution in [3.05, 3.63) is 30.6 Å². The molecule has 27 heavy (non-hydrogen) atoms. The van der Waals surface area contributed by atoms with Gasteiger partial charge in [0.2, 0.25) is 15.9 Å². The van der Waals surface area contributed by atoms with Crippen LogP contribution >= 0.6 is 0 Å². The van der Waals surface area contributed by atoms with Gasteiger partial charge in [0.05, 0.1) is 35.3 Å². The second-order valence-corrected chi connectivity index (χ2v) is 9.09. The number of fused-ring (bicyclic) bond motifs is 1. The Kier molecular flexibility index (Phi) is 5.83. The highest BCUT2D eigenvalue weighted by atomic mass is 32.2. The van der Waals surface area contributed by atoms with E-state index >= 15 is 0 Å². The Morgan fingerprint density at radius 1 is 1.30 bits per heavy atom. The van der Waals surface area contributed by atoms with Gasteiger partial charge in [0, 0.05) is 19.6 Å². The van der Waals surface area contributed by atoms with Crippen molar-refractivity contribution >= 4 is 27.0 Å². The SMILES string of the molecule is C[C@@H]1CN(S(=O)(=O)CCNC(=O)[C@@H](C)n2cnc3ccccc32)C[C@H](C)O1. The minimum Gasteiger partial charge on any atom is -0.373 e. The molecule has 2 heterocycles. The van der Waals surface area contributed by atoms with Crippen LogP contribution in [0.15, 0.2) is 30.6 Å². The fourth-order valence-corrected chi connectivity index (χ4v) is 4.84. The van der Waals surface area contributed by atoms with E-state index in [1.807, 2.05) is 38.1 Å². The van der Waals surface area contributed by atoms with Crippen molar-refractivity contribution in [1.82, 2.24) is 19.2 Å². The van der Waals surface area contributed by atoms with Crippen molar-refractivity contribution in [2.24, 2.45) is 0 Å². The number of hydrogen-bond acceptors (Lipinski definition) is 5. The summed E-state index contributed by atoms with van der Waals surface area (Å²) in [6.07, 6.45) is 1.36. The standard InChI is InChI=1S/C18H26N4O4S/c1-13-10-21(11-14(2)26-13)27(24,25)9-8-19-18(23)15(3)22-12-20-16-6-4-5-7-17(16)22/h4-7,12-15H,8-11H2,1-3H3,(H,19,23)/t13-,14+,15-/m1/s1. The predicted molar refractivity (Wildman–Crippen MR) is 103 cm³/mol. The van der Waals surface area contributed by atoms with Crippen molar-refractivity contribution in [2.45, 2.75) is 39.0 Å². The van der Waals surface area contributed by atoms with E-state index < -0.39 is 16.1 Å². The van der Waals surface area contributed by atoms with Gasteiger partial charge in [-0.15, -0.1) is 0 Å². The molecule has 0 bridgehead atoms. The average molecular weight is 394 g/mol. The molecule has 0 aliphatic carbocycles. The molecule has 0 unspecified atom stereocenters. The monoisotopic (exact) mass is 394 g/mol. The van der Waals surface area contributed by atoms with Gasteiger partial charge in [0.15, 0.2) is 0 Å². The molecule has 9 heteroatoms. The van der Waals surface area contributed by atoms with Gasteiger partial charge < -0.3 is 14.6 Å². The molecule has 1 aliphatic rings. The molecule has 1 N–H and O–H groups in total. The number of sulfonamides is 1. The molecule has 1 amide bonds. The number of para-hydroxylation sites is 2. The van der Waals surface area contributed by atoms with Gasteiger partial charge in [-0.25, -0.2) is 13.4 Å². The van der Waals surface area contributed by atoms with Gasteiger partial charge in [-0.1, -0.05) is 12.1 Å². The van der Waals surface area contributed by atoms with Crippen molar-refractivity contribution in [1.29, 1.82) is 0 Å². The van der Waals surface area contributed by atoms with Crippen molar-refractivity contribution < 1.29 is 17.9 Å². The molecule has 1 saturated heterocycles. The number of morpholine rings is 1. The van der Waals surface area contributed by atoms with E-state index in [9.17, 15) is 13.2 Å². The van der Waals surface area contributed by atoms with Crippen LogP contribution in [0.4, 0.5) is 0 Å². The Morgan fingerprint density at radius 3 is 2.67 bits per heavy atom. The summed E-state index contributed by atoms with van der Waals surface area (Å²) in [6.45, 7) is 6.24. The zero-order valence-electron chi connectivity index (χ0n) is 15.8. The normalized spacial score (nSPS) is 22.6. The average Bonchev–Trinajstić information content (AvgIpc) is 3.04. The summed E-state index contributed by atoms with van der Waals surface area (Å²) in [7, 11) is -3.44. The molecule has 148 valence electrons. The number of nitrogens with one attached hydrogen (secondary N) is 1. The second-order valence-electron chi connectivity index (χ2n) is 7.00. The lowest BCUT2D eigenvalue weighted by Crippen LogP contribution is -2.49. The number of nitrogens with zero attached hydrogens (tertiary/aromatic N) is 3. The van der Waals surface area contributed by atoms with Crippen LogP contribution in [-0.2, 0) is 19.6 Å². The number of hydrogen-bond donors (Lipinski definition) is 1. The molecule has 3 atom stereocenters. The minimum atomic E-state index is -3.44. The van der Waals surface area contributed by atoms with Gasteiger partial charge in [0.25, 0.3) is 0 Å². The summed E-state index contributed by atoms with van der Waals surface area (Å²) in [5.41, 5.74) is 1.68. The largest absolute Gasteiger partial charge is 0.373 e. The third kappa shape index (κ3) is 4.48. The number of benzene rings is 1. The molecule has 0 saturated carbocycles. The third-order valence-electron chi connectivity index (χ3n) is 4.72. The summed E-state index contributed by atoms with van der Waals surface area (Å²) in [5, 5.41) is 2.73. The molecule has 1 aromatic heterocycles. The highest BCUT2D eigenvalue weighted by molar-refractivity contribution is 7.89. The van der Waals surface area contributed by atoms with Crippen LogP contribution in [0.1, 0.15) is 26.8 Å². The van der Waals surface area contributed by atoms with Crippen molar-refractivity contribution in [2.75, 3.05) is 25.4 Å².